The first-order valence-corrected chi connectivity index (χ1v) is 5.77. The average molecular weight is 234 g/mol. The third-order valence-corrected chi connectivity index (χ3v) is 3.54. The highest BCUT2D eigenvalue weighted by molar-refractivity contribution is 9.09. The first kappa shape index (κ1) is 9.20. The van der Waals surface area contributed by atoms with E-state index < -0.39 is 0 Å². The minimum Gasteiger partial charge on any atom is -0.250 e. The Bertz CT molecular complexity index is 186. The van der Waals surface area contributed by atoms with E-state index in [1.54, 1.807) is 11.3 Å². The van der Waals surface area contributed by atoms with Crippen LogP contribution in [-0.4, -0.2) is 10.3 Å². The van der Waals surface area contributed by atoms with Gasteiger partial charge in [0.05, 0.1) is 5.01 Å². The molecule has 0 spiro atoms. The Morgan fingerprint density at radius 1 is 1.73 bits per heavy atom. The molecule has 0 aliphatic heterocycles. The van der Waals surface area contributed by atoms with Crippen LogP contribution in [0.5, 0.6) is 0 Å². The molecule has 1 atom stereocenters. The lowest BCUT2D eigenvalue weighted by atomic mass is 10.1. The summed E-state index contributed by atoms with van der Waals surface area (Å²) in [6.45, 7) is 2.25. The maximum absolute atomic E-state index is 4.23. The molecule has 11 heavy (non-hydrogen) atoms. The fourth-order valence-corrected chi connectivity index (χ4v) is 1.78. The molecule has 3 heteroatoms. The Morgan fingerprint density at radius 3 is 3.09 bits per heavy atom. The standard InChI is InChI=1S/C8H12BrNS/c1-7(6-9)2-3-8-10-4-5-11-8/h4-5,7H,2-3,6H2,1H3. The largest absolute Gasteiger partial charge is 0.250 e. The van der Waals surface area contributed by atoms with Crippen LogP contribution in [0.4, 0.5) is 0 Å². The molecule has 0 saturated carbocycles. The lowest BCUT2D eigenvalue weighted by Crippen LogP contribution is -1.97. The van der Waals surface area contributed by atoms with Crippen molar-refractivity contribution in [3.63, 3.8) is 0 Å². The summed E-state index contributed by atoms with van der Waals surface area (Å²) in [7, 11) is 0. The van der Waals surface area contributed by atoms with Gasteiger partial charge in [-0.2, -0.15) is 0 Å². The van der Waals surface area contributed by atoms with Gasteiger partial charge in [0.25, 0.3) is 0 Å². The molecule has 62 valence electrons. The Hall–Kier alpha value is 0.110. The van der Waals surface area contributed by atoms with E-state index in [1.807, 2.05) is 11.6 Å². The Labute approximate surface area is 80.0 Å². The summed E-state index contributed by atoms with van der Waals surface area (Å²) in [5.41, 5.74) is 0. The van der Waals surface area contributed by atoms with Gasteiger partial charge < -0.3 is 0 Å². The van der Waals surface area contributed by atoms with Gasteiger partial charge in [-0.3, -0.25) is 0 Å². The number of nitrogens with zero attached hydrogens (tertiary/aromatic N) is 1. The summed E-state index contributed by atoms with van der Waals surface area (Å²) in [5, 5.41) is 4.39. The van der Waals surface area contributed by atoms with Gasteiger partial charge in [-0.15, -0.1) is 11.3 Å². The molecule has 0 saturated heterocycles. The second-order valence-electron chi connectivity index (χ2n) is 2.72. The number of thiazole rings is 1. The summed E-state index contributed by atoms with van der Waals surface area (Å²) in [6, 6.07) is 0. The van der Waals surface area contributed by atoms with E-state index in [-0.39, 0.29) is 0 Å². The maximum atomic E-state index is 4.23. The topological polar surface area (TPSA) is 12.9 Å². The molecule has 1 nitrogen and oxygen atoms in total. The van der Waals surface area contributed by atoms with Crippen molar-refractivity contribution in [2.45, 2.75) is 19.8 Å². The van der Waals surface area contributed by atoms with E-state index in [1.165, 1.54) is 11.4 Å². The number of hydrogen-bond donors (Lipinski definition) is 0. The Balaban J connectivity index is 2.23. The molecule has 0 aromatic carbocycles. The second kappa shape index (κ2) is 4.88. The summed E-state index contributed by atoms with van der Waals surface area (Å²) >= 11 is 5.21. The molecule has 1 rings (SSSR count). The molecule has 1 heterocycles. The summed E-state index contributed by atoms with van der Waals surface area (Å²) < 4.78 is 0. The van der Waals surface area contributed by atoms with Gasteiger partial charge in [0.2, 0.25) is 0 Å². The van der Waals surface area contributed by atoms with Crippen LogP contribution in [0.15, 0.2) is 11.6 Å². The zero-order chi connectivity index (χ0) is 8.10. The van der Waals surface area contributed by atoms with Gasteiger partial charge in [-0.25, -0.2) is 4.98 Å². The Morgan fingerprint density at radius 2 is 2.55 bits per heavy atom. The molecule has 0 aliphatic rings. The van der Waals surface area contributed by atoms with E-state index in [0.29, 0.717) is 0 Å². The van der Waals surface area contributed by atoms with Crippen molar-refractivity contribution in [1.29, 1.82) is 0 Å². The van der Waals surface area contributed by atoms with Crippen molar-refractivity contribution in [1.82, 2.24) is 4.98 Å². The minimum atomic E-state index is 0.763. The van der Waals surface area contributed by atoms with E-state index in [0.717, 1.165) is 17.7 Å². The molecular formula is C8H12BrNS. The summed E-state index contributed by atoms with van der Waals surface area (Å²) in [5.74, 6) is 0.763. The molecule has 0 bridgehead atoms. The van der Waals surface area contributed by atoms with Crippen molar-refractivity contribution in [3.8, 4) is 0 Å². The van der Waals surface area contributed by atoms with Crippen molar-refractivity contribution in [3.05, 3.63) is 16.6 Å². The van der Waals surface area contributed by atoms with Crippen LogP contribution in [0.1, 0.15) is 18.4 Å². The number of aryl methyl sites for hydroxylation is 1. The number of alkyl halides is 1. The third-order valence-electron chi connectivity index (χ3n) is 1.60. The Kier molecular flexibility index (Phi) is 4.08. The van der Waals surface area contributed by atoms with Gasteiger partial charge >= 0.3 is 0 Å². The molecule has 0 fully saturated rings. The van der Waals surface area contributed by atoms with Crippen molar-refractivity contribution >= 4 is 27.3 Å². The molecule has 1 aromatic rings. The number of halogens is 1. The number of hydrogen-bond acceptors (Lipinski definition) is 2. The lowest BCUT2D eigenvalue weighted by molar-refractivity contribution is 0.598. The van der Waals surface area contributed by atoms with E-state index in [4.69, 9.17) is 0 Å². The molecule has 0 radical (unpaired) electrons. The van der Waals surface area contributed by atoms with Gasteiger partial charge in [0.1, 0.15) is 0 Å². The predicted octanol–water partition coefficient (Wildman–Crippen LogP) is 3.11. The normalized spacial score (nSPS) is 13.3. The smallest absolute Gasteiger partial charge is 0.0924 e. The molecule has 0 amide bonds. The van der Waals surface area contributed by atoms with Crippen LogP contribution in [0.25, 0.3) is 0 Å². The molecule has 0 aliphatic carbocycles. The highest BCUT2D eigenvalue weighted by Gasteiger charge is 2.01. The van der Waals surface area contributed by atoms with Crippen LogP contribution < -0.4 is 0 Å². The van der Waals surface area contributed by atoms with E-state index >= 15 is 0 Å². The van der Waals surface area contributed by atoms with Crippen LogP contribution in [0.2, 0.25) is 0 Å². The summed E-state index contributed by atoms with van der Waals surface area (Å²) in [6.07, 6.45) is 4.24. The second-order valence-corrected chi connectivity index (χ2v) is 4.35. The van der Waals surface area contributed by atoms with Crippen LogP contribution >= 0.6 is 27.3 Å². The van der Waals surface area contributed by atoms with Gasteiger partial charge in [0, 0.05) is 16.9 Å². The first-order valence-electron chi connectivity index (χ1n) is 3.77. The monoisotopic (exact) mass is 233 g/mol. The number of rotatable bonds is 4. The van der Waals surface area contributed by atoms with E-state index in [2.05, 4.69) is 27.8 Å². The highest BCUT2D eigenvalue weighted by atomic mass is 79.9. The van der Waals surface area contributed by atoms with Crippen LogP contribution in [0, 0.1) is 5.92 Å². The first-order chi connectivity index (χ1) is 5.33. The number of aromatic nitrogens is 1. The van der Waals surface area contributed by atoms with Crippen molar-refractivity contribution in [2.24, 2.45) is 5.92 Å². The molecule has 1 aromatic heterocycles. The van der Waals surface area contributed by atoms with Gasteiger partial charge in [0.15, 0.2) is 0 Å². The third kappa shape index (κ3) is 3.34. The van der Waals surface area contributed by atoms with E-state index in [9.17, 15) is 0 Å². The summed E-state index contributed by atoms with van der Waals surface area (Å²) in [4.78, 5) is 4.23. The van der Waals surface area contributed by atoms with Crippen LogP contribution in [-0.2, 0) is 6.42 Å². The zero-order valence-corrected chi connectivity index (χ0v) is 8.99. The lowest BCUT2D eigenvalue weighted by Gasteiger charge is -2.03. The van der Waals surface area contributed by atoms with Gasteiger partial charge in [-0.1, -0.05) is 22.9 Å². The fraction of sp³-hybridized carbons (Fsp3) is 0.625. The molecule has 1 unspecified atom stereocenters. The fourth-order valence-electron chi connectivity index (χ4n) is 0.823. The maximum Gasteiger partial charge on any atom is 0.0924 e. The zero-order valence-electron chi connectivity index (χ0n) is 6.59. The highest BCUT2D eigenvalue weighted by Crippen LogP contribution is 2.12. The quantitative estimate of drug-likeness (QED) is 0.729. The molecule has 0 N–H and O–H groups in total. The predicted molar refractivity (Wildman–Crippen MR) is 53.4 cm³/mol. The van der Waals surface area contributed by atoms with Gasteiger partial charge in [-0.05, 0) is 18.8 Å². The minimum absolute atomic E-state index is 0.763. The average Bonchev–Trinajstić information content (AvgIpc) is 2.52. The van der Waals surface area contributed by atoms with Crippen molar-refractivity contribution in [2.75, 3.05) is 5.33 Å². The van der Waals surface area contributed by atoms with Crippen LogP contribution in [0.3, 0.4) is 0 Å². The van der Waals surface area contributed by atoms with Crippen molar-refractivity contribution < 1.29 is 0 Å². The molecular weight excluding hydrogens is 222 g/mol. The SMILES string of the molecule is CC(CBr)CCc1nccs1.